The molecule has 4 nitrogen and oxygen atoms in total. The minimum absolute atomic E-state index is 0.00238. The normalized spacial score (nSPS) is 16.1. The van der Waals surface area contributed by atoms with Gasteiger partial charge in [0.15, 0.2) is 0 Å². The summed E-state index contributed by atoms with van der Waals surface area (Å²) in [6.45, 7) is 0.178. The summed E-state index contributed by atoms with van der Waals surface area (Å²) < 4.78 is 50.7. The minimum atomic E-state index is -4.61. The van der Waals surface area contributed by atoms with Crippen LogP contribution in [0.5, 0.6) is 5.75 Å². The number of carbonyl (C=O) groups is 1. The van der Waals surface area contributed by atoms with Crippen LogP contribution in [0.4, 0.5) is 18.9 Å². The second-order valence-corrected chi connectivity index (χ2v) is 7.51. The van der Waals surface area contributed by atoms with Crippen LogP contribution in [-0.4, -0.2) is 26.2 Å². The maximum absolute atomic E-state index is 13.5. The van der Waals surface area contributed by atoms with Gasteiger partial charge < -0.3 is 14.8 Å². The van der Waals surface area contributed by atoms with Crippen LogP contribution in [0, 0.1) is 0 Å². The lowest BCUT2D eigenvalue weighted by Gasteiger charge is -2.36. The summed E-state index contributed by atoms with van der Waals surface area (Å²) in [5.74, 6) is -0.553. The van der Waals surface area contributed by atoms with Crippen molar-refractivity contribution in [3.8, 4) is 5.75 Å². The first kappa shape index (κ1) is 22.2. The Morgan fingerprint density at radius 3 is 2.37 bits per heavy atom. The average molecular weight is 421 g/mol. The first-order chi connectivity index (χ1) is 14.4. The molecule has 7 heteroatoms. The van der Waals surface area contributed by atoms with Gasteiger partial charge in [-0.1, -0.05) is 49.6 Å². The summed E-state index contributed by atoms with van der Waals surface area (Å²) in [6.07, 6.45) is -0.399. The second kappa shape index (κ2) is 9.51. The topological polar surface area (TPSA) is 47.6 Å². The van der Waals surface area contributed by atoms with Crippen molar-refractivity contribution < 1.29 is 27.4 Å². The number of methoxy groups -OCH3 is 1. The zero-order valence-corrected chi connectivity index (χ0v) is 16.9. The number of ether oxygens (including phenoxy) is 2. The van der Waals surface area contributed by atoms with Gasteiger partial charge in [0.25, 0.3) is 0 Å². The highest BCUT2D eigenvalue weighted by atomic mass is 19.4. The molecule has 162 valence electrons. The molecule has 1 fully saturated rings. The van der Waals surface area contributed by atoms with Gasteiger partial charge in [0.05, 0.1) is 17.6 Å². The third-order valence-electron chi connectivity index (χ3n) is 5.56. The quantitative estimate of drug-likeness (QED) is 0.595. The zero-order valence-electron chi connectivity index (χ0n) is 16.9. The van der Waals surface area contributed by atoms with Crippen LogP contribution in [0.25, 0.3) is 0 Å². The van der Waals surface area contributed by atoms with Gasteiger partial charge in [-0.25, -0.2) is 0 Å². The minimum Gasteiger partial charge on any atom is -0.491 e. The Morgan fingerprint density at radius 1 is 1.03 bits per heavy atom. The van der Waals surface area contributed by atoms with E-state index in [1.54, 1.807) is 0 Å². The van der Waals surface area contributed by atoms with E-state index in [-0.39, 0.29) is 30.6 Å². The maximum Gasteiger partial charge on any atom is 0.420 e. The van der Waals surface area contributed by atoms with Crippen molar-refractivity contribution in [2.24, 2.45) is 0 Å². The molecule has 2 aromatic rings. The highest BCUT2D eigenvalue weighted by Gasteiger charge is 2.41. The molecule has 0 unspecified atom stereocenters. The molecule has 1 N–H and O–H groups in total. The predicted octanol–water partition coefficient (Wildman–Crippen LogP) is 5.57. The van der Waals surface area contributed by atoms with Crippen molar-refractivity contribution >= 4 is 11.6 Å². The fourth-order valence-corrected chi connectivity index (χ4v) is 4.00. The molecule has 0 aliphatic heterocycles. The molecular weight excluding hydrogens is 395 g/mol. The number of alkyl halides is 3. The number of halogens is 3. The molecule has 0 radical (unpaired) electrons. The number of carbonyl (C=O) groups excluding carboxylic acids is 1. The Bertz CT molecular complexity index is 847. The molecule has 0 heterocycles. The monoisotopic (exact) mass is 421 g/mol. The first-order valence-electron chi connectivity index (χ1n) is 10.1. The summed E-state index contributed by atoms with van der Waals surface area (Å²) in [5, 5.41) is 2.74. The molecule has 3 rings (SSSR count). The van der Waals surface area contributed by atoms with Crippen molar-refractivity contribution in [3.63, 3.8) is 0 Å². The molecule has 30 heavy (non-hydrogen) atoms. The van der Waals surface area contributed by atoms with E-state index in [1.807, 2.05) is 30.3 Å². The summed E-state index contributed by atoms with van der Waals surface area (Å²) in [5.41, 5.74) is -0.648. The molecule has 1 amide bonds. The van der Waals surface area contributed by atoms with Gasteiger partial charge in [-0.2, -0.15) is 13.2 Å². The lowest BCUT2D eigenvalue weighted by atomic mass is 9.68. The Hall–Kier alpha value is -2.54. The van der Waals surface area contributed by atoms with Crippen LogP contribution < -0.4 is 10.1 Å². The number of rotatable bonds is 7. The molecule has 1 saturated carbocycles. The van der Waals surface area contributed by atoms with Crippen LogP contribution in [0.1, 0.15) is 43.2 Å². The number of hydrogen-bond donors (Lipinski definition) is 1. The van der Waals surface area contributed by atoms with E-state index in [1.165, 1.54) is 19.2 Å². The standard InChI is InChI=1S/C23H26F3NO3/c1-29-14-15-30-20-11-10-18(16-19(20)23(24,25)26)27-21(28)22(12-6-3-7-13-22)17-8-4-2-5-9-17/h2,4-5,8-11,16H,3,6-7,12-15H2,1H3,(H,27,28). The number of benzene rings is 2. The van der Waals surface area contributed by atoms with E-state index < -0.39 is 17.2 Å². The number of anilines is 1. The maximum atomic E-state index is 13.5. The van der Waals surface area contributed by atoms with E-state index in [4.69, 9.17) is 9.47 Å². The molecular formula is C23H26F3NO3. The van der Waals surface area contributed by atoms with E-state index in [0.717, 1.165) is 30.9 Å². The molecule has 1 aliphatic rings. The summed E-state index contributed by atoms with van der Waals surface area (Å²) >= 11 is 0. The first-order valence-corrected chi connectivity index (χ1v) is 10.1. The van der Waals surface area contributed by atoms with E-state index in [9.17, 15) is 18.0 Å². The van der Waals surface area contributed by atoms with Crippen LogP contribution in [-0.2, 0) is 21.1 Å². The van der Waals surface area contributed by atoms with Crippen molar-refractivity contribution in [1.29, 1.82) is 0 Å². The highest BCUT2D eigenvalue weighted by molar-refractivity contribution is 5.99. The van der Waals surface area contributed by atoms with Gasteiger partial charge >= 0.3 is 6.18 Å². The SMILES string of the molecule is COCCOc1ccc(NC(=O)C2(c3ccccc3)CCCCC2)cc1C(F)(F)F. The Labute approximate surface area is 174 Å². The number of hydrogen-bond acceptors (Lipinski definition) is 3. The van der Waals surface area contributed by atoms with E-state index in [0.29, 0.717) is 12.8 Å². The molecule has 2 aromatic carbocycles. The van der Waals surface area contributed by atoms with Crippen molar-refractivity contribution in [2.45, 2.75) is 43.7 Å². The molecule has 0 aromatic heterocycles. The Balaban J connectivity index is 1.87. The van der Waals surface area contributed by atoms with Crippen molar-refractivity contribution in [2.75, 3.05) is 25.6 Å². The van der Waals surface area contributed by atoms with Gasteiger partial charge in [0.2, 0.25) is 5.91 Å². The van der Waals surface area contributed by atoms with Gasteiger partial charge in [0, 0.05) is 12.8 Å². The number of nitrogens with one attached hydrogen (secondary N) is 1. The Morgan fingerprint density at radius 2 is 1.73 bits per heavy atom. The fourth-order valence-electron chi connectivity index (χ4n) is 4.00. The van der Waals surface area contributed by atoms with Gasteiger partial charge in [-0.3, -0.25) is 4.79 Å². The average Bonchev–Trinajstić information content (AvgIpc) is 2.75. The van der Waals surface area contributed by atoms with Gasteiger partial charge in [-0.05, 0) is 36.6 Å². The molecule has 0 saturated heterocycles. The molecule has 0 atom stereocenters. The van der Waals surface area contributed by atoms with Gasteiger partial charge in [-0.15, -0.1) is 0 Å². The summed E-state index contributed by atoms with van der Waals surface area (Å²) in [4.78, 5) is 13.3. The lowest BCUT2D eigenvalue weighted by Crippen LogP contribution is -2.42. The molecule has 0 spiro atoms. The Kier molecular flexibility index (Phi) is 7.02. The predicted molar refractivity (Wildman–Crippen MR) is 109 cm³/mol. The molecule has 1 aliphatic carbocycles. The second-order valence-electron chi connectivity index (χ2n) is 7.51. The lowest BCUT2D eigenvalue weighted by molar-refractivity contribution is -0.139. The van der Waals surface area contributed by atoms with Crippen LogP contribution >= 0.6 is 0 Å². The third kappa shape index (κ3) is 4.95. The highest BCUT2D eigenvalue weighted by Crippen LogP contribution is 2.42. The van der Waals surface area contributed by atoms with Crippen molar-refractivity contribution in [3.05, 3.63) is 59.7 Å². The van der Waals surface area contributed by atoms with E-state index in [2.05, 4.69) is 5.32 Å². The van der Waals surface area contributed by atoms with Crippen molar-refractivity contribution in [1.82, 2.24) is 0 Å². The third-order valence-corrected chi connectivity index (χ3v) is 5.56. The van der Waals surface area contributed by atoms with E-state index >= 15 is 0 Å². The zero-order chi connectivity index (χ0) is 21.6. The fraction of sp³-hybridized carbons (Fsp3) is 0.435. The molecule has 0 bridgehead atoms. The smallest absolute Gasteiger partial charge is 0.420 e. The summed E-state index contributed by atoms with van der Waals surface area (Å²) in [6, 6.07) is 13.1. The van der Waals surface area contributed by atoms with Crippen LogP contribution in [0.15, 0.2) is 48.5 Å². The van der Waals surface area contributed by atoms with Gasteiger partial charge in [0.1, 0.15) is 12.4 Å². The van der Waals surface area contributed by atoms with Crippen LogP contribution in [0.2, 0.25) is 0 Å². The largest absolute Gasteiger partial charge is 0.491 e. The summed E-state index contributed by atoms with van der Waals surface area (Å²) in [7, 11) is 1.44. The number of amides is 1. The van der Waals surface area contributed by atoms with Crippen LogP contribution in [0.3, 0.4) is 0 Å².